The van der Waals surface area contributed by atoms with Crippen molar-refractivity contribution in [2.24, 2.45) is 0 Å². The van der Waals surface area contributed by atoms with Crippen LogP contribution in [0.5, 0.6) is 5.75 Å². The smallest absolute Gasteiger partial charge is 0.247 e. The molecule has 2 N–H and O–H groups in total. The standard InChI is InChI=1S/C30H33ClFN7O4/c1-3-29(40)36-22-13-23(26(41-2)14-25(22)38-10-8-37(9-11-38)19-16-42-17-19)35-27-15-28(34-18-33-27)39-24(7-12-43-39)20-5-4-6-21(31)30(20)32/h3-6,13-15,18-19,24H,1,7-12,16-17H2,2H3,(H,36,40)(H,33,34,35). The maximum Gasteiger partial charge on any atom is 0.247 e. The SMILES string of the molecule is C=CC(=O)Nc1cc(Nc2cc(N3OCCC3c3cccc(Cl)c3F)ncn2)c(OC)cc1N1CCN(C2COC2)CC1. The molecule has 1 unspecified atom stereocenters. The van der Waals surface area contributed by atoms with Gasteiger partial charge in [-0.1, -0.05) is 30.3 Å². The molecule has 0 spiro atoms. The van der Waals surface area contributed by atoms with Crippen molar-refractivity contribution < 1.29 is 23.5 Å². The first-order valence-electron chi connectivity index (χ1n) is 14.1. The van der Waals surface area contributed by atoms with Gasteiger partial charge >= 0.3 is 0 Å². The number of anilines is 5. The summed E-state index contributed by atoms with van der Waals surface area (Å²) in [7, 11) is 1.59. The summed E-state index contributed by atoms with van der Waals surface area (Å²) in [6, 6.07) is 10.4. The number of aromatic nitrogens is 2. The van der Waals surface area contributed by atoms with E-state index >= 15 is 0 Å². The van der Waals surface area contributed by atoms with E-state index in [0.717, 1.165) is 45.1 Å². The molecular weight excluding hydrogens is 577 g/mol. The Labute approximate surface area is 254 Å². The highest BCUT2D eigenvalue weighted by Gasteiger charge is 2.32. The van der Waals surface area contributed by atoms with E-state index in [-0.39, 0.29) is 10.9 Å². The third-order valence-corrected chi connectivity index (χ3v) is 8.23. The average Bonchev–Trinajstić information content (AvgIpc) is 3.48. The minimum Gasteiger partial charge on any atom is -0.494 e. The second-order valence-corrected chi connectivity index (χ2v) is 10.9. The number of ether oxygens (including phenoxy) is 2. The van der Waals surface area contributed by atoms with Crippen LogP contribution in [0.2, 0.25) is 5.02 Å². The van der Waals surface area contributed by atoms with Gasteiger partial charge in [-0.15, -0.1) is 0 Å². The summed E-state index contributed by atoms with van der Waals surface area (Å²) in [5, 5.41) is 7.87. The summed E-state index contributed by atoms with van der Waals surface area (Å²) in [5.74, 6) is 0.670. The van der Waals surface area contributed by atoms with Crippen molar-refractivity contribution in [2.75, 3.05) is 73.7 Å². The predicted octanol–water partition coefficient (Wildman–Crippen LogP) is 4.55. The van der Waals surface area contributed by atoms with Crippen molar-refractivity contribution in [1.29, 1.82) is 0 Å². The lowest BCUT2D eigenvalue weighted by atomic mass is 10.0. The van der Waals surface area contributed by atoms with Crippen LogP contribution in [0, 0.1) is 5.82 Å². The molecule has 3 fully saturated rings. The maximum atomic E-state index is 14.9. The van der Waals surface area contributed by atoms with E-state index in [1.165, 1.54) is 18.5 Å². The molecule has 1 amide bonds. The Balaban J connectivity index is 1.26. The number of halogens is 2. The largest absolute Gasteiger partial charge is 0.494 e. The van der Waals surface area contributed by atoms with Gasteiger partial charge in [-0.05, 0) is 18.2 Å². The number of hydrogen-bond acceptors (Lipinski definition) is 10. The number of piperazine rings is 1. The van der Waals surface area contributed by atoms with Crippen LogP contribution < -0.4 is 25.3 Å². The number of nitrogens with one attached hydrogen (secondary N) is 2. The molecule has 3 aliphatic rings. The van der Waals surface area contributed by atoms with Crippen molar-refractivity contribution >= 4 is 46.2 Å². The summed E-state index contributed by atoms with van der Waals surface area (Å²) in [6.07, 6.45) is 3.20. The van der Waals surface area contributed by atoms with Gasteiger partial charge in [0.1, 0.15) is 23.7 Å². The third-order valence-electron chi connectivity index (χ3n) is 7.94. The molecule has 1 atom stereocenters. The second kappa shape index (κ2) is 12.7. The lowest BCUT2D eigenvalue weighted by molar-refractivity contribution is -0.111. The fourth-order valence-corrected chi connectivity index (χ4v) is 5.75. The number of methoxy groups -OCH3 is 1. The average molecular weight is 610 g/mol. The first kappa shape index (κ1) is 29.1. The van der Waals surface area contributed by atoms with Gasteiger partial charge < -0.3 is 25.0 Å². The Bertz CT molecular complexity index is 1500. The molecule has 0 radical (unpaired) electrons. The van der Waals surface area contributed by atoms with Gasteiger partial charge in [0, 0.05) is 50.3 Å². The highest BCUT2D eigenvalue weighted by Crippen LogP contribution is 2.40. The highest BCUT2D eigenvalue weighted by atomic mass is 35.5. The number of benzene rings is 2. The predicted molar refractivity (Wildman–Crippen MR) is 163 cm³/mol. The normalized spacial score (nSPS) is 19.2. The van der Waals surface area contributed by atoms with Gasteiger partial charge in [0.25, 0.3) is 0 Å². The van der Waals surface area contributed by atoms with Crippen LogP contribution in [0.15, 0.2) is 55.4 Å². The van der Waals surface area contributed by atoms with Crippen molar-refractivity contribution in [3.05, 3.63) is 71.8 Å². The Morgan fingerprint density at radius 2 is 1.98 bits per heavy atom. The molecule has 0 aliphatic carbocycles. The van der Waals surface area contributed by atoms with Crippen LogP contribution in [-0.2, 0) is 14.4 Å². The number of carbonyl (C=O) groups excluding carboxylic acids is 1. The van der Waals surface area contributed by atoms with Gasteiger partial charge in [0.2, 0.25) is 5.91 Å². The number of amides is 1. The zero-order chi connectivity index (χ0) is 29.9. The van der Waals surface area contributed by atoms with Crippen molar-refractivity contribution in [3.63, 3.8) is 0 Å². The van der Waals surface area contributed by atoms with E-state index in [9.17, 15) is 9.18 Å². The van der Waals surface area contributed by atoms with Crippen LogP contribution in [0.1, 0.15) is 18.0 Å². The number of nitrogens with zero attached hydrogens (tertiary/aromatic N) is 5. The van der Waals surface area contributed by atoms with E-state index in [1.807, 2.05) is 12.1 Å². The van der Waals surface area contributed by atoms with Crippen molar-refractivity contribution in [3.8, 4) is 5.75 Å². The number of rotatable bonds is 9. The molecule has 6 rings (SSSR count). The van der Waals surface area contributed by atoms with E-state index < -0.39 is 11.9 Å². The van der Waals surface area contributed by atoms with Crippen LogP contribution >= 0.6 is 11.6 Å². The quantitative estimate of drug-likeness (QED) is 0.336. The number of hydrogen-bond donors (Lipinski definition) is 2. The Morgan fingerprint density at radius 3 is 2.70 bits per heavy atom. The summed E-state index contributed by atoms with van der Waals surface area (Å²) >= 11 is 6.05. The van der Waals surface area contributed by atoms with Crippen molar-refractivity contribution in [1.82, 2.24) is 14.9 Å². The first-order valence-corrected chi connectivity index (χ1v) is 14.5. The molecule has 1 aromatic heterocycles. The molecule has 226 valence electrons. The van der Waals surface area contributed by atoms with Gasteiger partial charge in [-0.2, -0.15) is 0 Å². The molecule has 43 heavy (non-hydrogen) atoms. The number of carbonyl (C=O) groups is 1. The first-order chi connectivity index (χ1) is 20.9. The molecule has 2 aromatic carbocycles. The molecular formula is C30H33ClFN7O4. The molecule has 3 aromatic rings. The lowest BCUT2D eigenvalue weighted by Crippen LogP contribution is -2.56. The molecule has 0 saturated carbocycles. The minimum atomic E-state index is -0.477. The van der Waals surface area contributed by atoms with Gasteiger partial charge in [0.05, 0.1) is 61.1 Å². The summed E-state index contributed by atoms with van der Waals surface area (Å²) in [6.45, 7) is 8.94. The Morgan fingerprint density at radius 1 is 1.16 bits per heavy atom. The fraction of sp³-hybridized carbons (Fsp3) is 0.367. The van der Waals surface area contributed by atoms with Gasteiger partial charge in [0.15, 0.2) is 5.82 Å². The third kappa shape index (κ3) is 6.09. The van der Waals surface area contributed by atoms with Crippen LogP contribution in [0.4, 0.5) is 33.1 Å². The van der Waals surface area contributed by atoms with Gasteiger partial charge in [-0.3, -0.25) is 14.5 Å². The Hall–Kier alpha value is -3.97. The van der Waals surface area contributed by atoms with Crippen LogP contribution in [-0.4, -0.2) is 79.9 Å². The minimum absolute atomic E-state index is 0.0547. The highest BCUT2D eigenvalue weighted by molar-refractivity contribution is 6.30. The van der Waals surface area contributed by atoms with Crippen LogP contribution in [0.3, 0.4) is 0 Å². The molecule has 11 nitrogen and oxygen atoms in total. The molecule has 3 aliphatic heterocycles. The van der Waals surface area contributed by atoms with Crippen LogP contribution in [0.25, 0.3) is 0 Å². The fourth-order valence-electron chi connectivity index (χ4n) is 5.57. The monoisotopic (exact) mass is 609 g/mol. The molecule has 3 saturated heterocycles. The van der Waals surface area contributed by atoms with E-state index in [1.54, 1.807) is 30.4 Å². The second-order valence-electron chi connectivity index (χ2n) is 10.5. The maximum absolute atomic E-state index is 14.9. The van der Waals surface area contributed by atoms with Crippen molar-refractivity contribution in [2.45, 2.75) is 18.5 Å². The topological polar surface area (TPSA) is 104 Å². The van der Waals surface area contributed by atoms with E-state index in [2.05, 4.69) is 37.0 Å². The Kier molecular flexibility index (Phi) is 8.61. The van der Waals surface area contributed by atoms with E-state index in [0.29, 0.717) is 53.4 Å². The lowest BCUT2D eigenvalue weighted by Gasteiger charge is -2.43. The zero-order valence-corrected chi connectivity index (χ0v) is 24.5. The van der Waals surface area contributed by atoms with Gasteiger partial charge in [-0.25, -0.2) is 19.4 Å². The summed E-state index contributed by atoms with van der Waals surface area (Å²) < 4.78 is 26.0. The molecule has 0 bridgehead atoms. The van der Waals surface area contributed by atoms with E-state index in [4.69, 9.17) is 25.9 Å². The zero-order valence-electron chi connectivity index (χ0n) is 23.8. The molecule has 4 heterocycles. The summed E-state index contributed by atoms with van der Waals surface area (Å²) in [5.41, 5.74) is 2.48. The summed E-state index contributed by atoms with van der Waals surface area (Å²) in [4.78, 5) is 31.7. The molecule has 13 heteroatoms. The number of hydroxylamine groups is 1.